The maximum atomic E-state index is 6.95. The summed E-state index contributed by atoms with van der Waals surface area (Å²) in [5, 5.41) is 0. The van der Waals surface area contributed by atoms with Gasteiger partial charge in [-0.05, 0) is 0 Å². The number of hydrogen-bond donors (Lipinski definition) is 0. The van der Waals surface area contributed by atoms with Crippen molar-refractivity contribution in [2.75, 3.05) is 0 Å². The standard InChI is InChI=1S/3C4H9.ClH.Pb/c3*1-4(2)3;;/h3*4H,1H2,2-3H3;1H;/q;;;;+1/p-1. The number of hydrogen-bond acceptors (Lipinski definition) is 0. The zero-order chi connectivity index (χ0) is 11.4. The molecule has 2 heteroatoms. The van der Waals surface area contributed by atoms with Crippen molar-refractivity contribution in [2.24, 2.45) is 17.8 Å². The minimum absolute atomic E-state index is 0.798. The zero-order valence-electron chi connectivity index (χ0n) is 10.7. The fourth-order valence-electron chi connectivity index (χ4n) is 2.44. The summed E-state index contributed by atoms with van der Waals surface area (Å²) in [5.74, 6) is 2.39. The molecule has 0 radical (unpaired) electrons. The molecule has 0 rings (SSSR count). The summed E-state index contributed by atoms with van der Waals surface area (Å²) in [4.78, 5) is 0. The molecule has 0 saturated heterocycles. The molecule has 86 valence electrons. The Labute approximate surface area is 98.9 Å². The Morgan fingerprint density at radius 2 is 0.929 bits per heavy atom. The molecule has 0 aromatic carbocycles. The fraction of sp³-hybridized carbons (Fsp3) is 1.00. The van der Waals surface area contributed by atoms with Crippen molar-refractivity contribution >= 4 is 28.3 Å². The van der Waals surface area contributed by atoms with Crippen molar-refractivity contribution in [3.8, 4) is 0 Å². The monoisotopic (exact) mass is 414 g/mol. The molecule has 0 fully saturated rings. The van der Waals surface area contributed by atoms with E-state index in [-0.39, 0.29) is 0 Å². The molecule has 0 aromatic heterocycles. The Balaban J connectivity index is 4.32. The molecule has 0 spiro atoms. The number of halogens is 1. The Hall–Kier alpha value is 1.21. The summed E-state index contributed by atoms with van der Waals surface area (Å²) in [6.07, 6.45) is 0. The molecule has 0 aromatic rings. The van der Waals surface area contributed by atoms with E-state index in [0.29, 0.717) is 0 Å². The quantitative estimate of drug-likeness (QED) is 0.529. The molecule has 0 heterocycles. The van der Waals surface area contributed by atoms with E-state index >= 15 is 0 Å². The van der Waals surface area contributed by atoms with Crippen molar-refractivity contribution in [1.29, 1.82) is 0 Å². The minimum atomic E-state index is -2.37. The average molecular weight is 414 g/mol. The molecule has 0 aliphatic heterocycles. The summed E-state index contributed by atoms with van der Waals surface area (Å²) in [5.41, 5.74) is 0. The van der Waals surface area contributed by atoms with Crippen LogP contribution in [0, 0.1) is 17.8 Å². The van der Waals surface area contributed by atoms with Crippen LogP contribution in [-0.4, -0.2) is 19.9 Å². The van der Waals surface area contributed by atoms with Crippen LogP contribution >= 0.6 is 8.32 Å². The van der Waals surface area contributed by atoms with E-state index in [1.807, 2.05) is 0 Å². The van der Waals surface area contributed by atoms with E-state index in [0.717, 1.165) is 17.8 Å². The van der Waals surface area contributed by atoms with E-state index in [4.69, 9.17) is 8.32 Å². The van der Waals surface area contributed by atoms with Gasteiger partial charge in [-0.15, -0.1) is 0 Å². The van der Waals surface area contributed by atoms with Crippen molar-refractivity contribution in [3.05, 3.63) is 0 Å². The van der Waals surface area contributed by atoms with E-state index in [9.17, 15) is 0 Å². The number of rotatable bonds is 6. The fourth-order valence-corrected chi connectivity index (χ4v) is 29.6. The first-order chi connectivity index (χ1) is 6.25. The summed E-state index contributed by atoms with van der Waals surface area (Å²) < 4.78 is 4.10. The second-order valence-electron chi connectivity index (χ2n) is 5.94. The van der Waals surface area contributed by atoms with Gasteiger partial charge in [-0.3, -0.25) is 0 Å². The molecule has 0 nitrogen and oxygen atoms in total. The summed E-state index contributed by atoms with van der Waals surface area (Å²) >= 11 is -2.37. The van der Waals surface area contributed by atoms with Crippen LogP contribution < -0.4 is 0 Å². The van der Waals surface area contributed by atoms with Crippen molar-refractivity contribution in [1.82, 2.24) is 0 Å². The molecule has 0 bridgehead atoms. The van der Waals surface area contributed by atoms with Gasteiger partial charge in [-0.2, -0.15) is 0 Å². The van der Waals surface area contributed by atoms with Crippen LogP contribution in [0.1, 0.15) is 41.5 Å². The van der Waals surface area contributed by atoms with Crippen molar-refractivity contribution < 1.29 is 0 Å². The van der Waals surface area contributed by atoms with Gasteiger partial charge in [-0.25, -0.2) is 0 Å². The first-order valence-electron chi connectivity index (χ1n) is 5.94. The van der Waals surface area contributed by atoms with Crippen LogP contribution in [0.25, 0.3) is 0 Å². The van der Waals surface area contributed by atoms with Gasteiger partial charge in [0.1, 0.15) is 0 Å². The average Bonchev–Trinajstić information content (AvgIpc) is 1.76. The molecule has 0 aliphatic rings. The van der Waals surface area contributed by atoms with Gasteiger partial charge in [0.05, 0.1) is 0 Å². The molecule has 0 saturated carbocycles. The van der Waals surface area contributed by atoms with Gasteiger partial charge in [0.25, 0.3) is 0 Å². The molecule has 0 N–H and O–H groups in total. The third-order valence-corrected chi connectivity index (χ3v) is 24.4. The van der Waals surface area contributed by atoms with E-state index in [2.05, 4.69) is 41.5 Å². The van der Waals surface area contributed by atoms with Crippen LogP contribution in [0.2, 0.25) is 11.9 Å². The van der Waals surface area contributed by atoms with E-state index < -0.39 is 19.9 Å². The van der Waals surface area contributed by atoms with E-state index in [1.54, 1.807) is 0 Å². The second-order valence-corrected chi connectivity index (χ2v) is 26.7. The van der Waals surface area contributed by atoms with Crippen LogP contribution in [0.5, 0.6) is 0 Å². The molecular weight excluding hydrogens is 387 g/mol. The Kier molecular flexibility index (Phi) is 7.30. The first kappa shape index (κ1) is 15.2. The SMILES string of the molecule is CC(C)[CH2][Pb]([Cl])([CH2]C(C)C)[CH2]C(C)C. The predicted octanol–water partition coefficient (Wildman–Crippen LogP) is 5.14. The van der Waals surface area contributed by atoms with Gasteiger partial charge < -0.3 is 0 Å². The Morgan fingerprint density at radius 3 is 1.07 bits per heavy atom. The maximum absolute atomic E-state index is 6.95. The van der Waals surface area contributed by atoms with Crippen molar-refractivity contribution in [2.45, 2.75) is 53.5 Å². The van der Waals surface area contributed by atoms with Gasteiger partial charge >= 0.3 is 99.5 Å². The Morgan fingerprint density at radius 1 is 0.714 bits per heavy atom. The Bertz CT molecular complexity index is 126. The van der Waals surface area contributed by atoms with Crippen LogP contribution in [0.15, 0.2) is 0 Å². The van der Waals surface area contributed by atoms with Gasteiger partial charge in [-0.1, -0.05) is 0 Å². The van der Waals surface area contributed by atoms with Crippen LogP contribution in [0.4, 0.5) is 0 Å². The molecule has 14 heavy (non-hydrogen) atoms. The van der Waals surface area contributed by atoms with Gasteiger partial charge in [0.2, 0.25) is 0 Å². The second kappa shape index (κ2) is 6.72. The van der Waals surface area contributed by atoms with Gasteiger partial charge in [0, 0.05) is 0 Å². The topological polar surface area (TPSA) is 0 Å². The molecule has 0 aliphatic carbocycles. The van der Waals surface area contributed by atoms with Crippen LogP contribution in [-0.2, 0) is 0 Å². The summed E-state index contributed by atoms with van der Waals surface area (Å²) in [6, 6.07) is 0. The zero-order valence-corrected chi connectivity index (χ0v) is 15.4. The summed E-state index contributed by atoms with van der Waals surface area (Å²) in [6.45, 7) is 13.9. The first-order valence-corrected chi connectivity index (χ1v) is 19.0. The van der Waals surface area contributed by atoms with E-state index in [1.165, 1.54) is 11.9 Å². The molecule has 0 unspecified atom stereocenters. The van der Waals surface area contributed by atoms with Gasteiger partial charge in [0.15, 0.2) is 0 Å². The predicted molar refractivity (Wildman–Crippen MR) is 70.5 cm³/mol. The van der Waals surface area contributed by atoms with Crippen molar-refractivity contribution in [3.63, 3.8) is 0 Å². The molecule has 0 amide bonds. The summed E-state index contributed by atoms with van der Waals surface area (Å²) in [7, 11) is 6.95. The molecule has 0 atom stereocenters. The van der Waals surface area contributed by atoms with Crippen LogP contribution in [0.3, 0.4) is 0 Å². The molecular formula is C12H27ClPb. The third kappa shape index (κ3) is 7.50. The normalized spacial score (nSPS) is 13.3. The third-order valence-electron chi connectivity index (χ3n) is 2.32.